The van der Waals surface area contributed by atoms with E-state index in [9.17, 15) is 19.5 Å². The number of nitrogens with zero attached hydrogens (tertiary/aromatic N) is 1. The molecule has 1 aromatic rings. The van der Waals surface area contributed by atoms with Gasteiger partial charge in [0.25, 0.3) is 0 Å². The first-order valence-electron chi connectivity index (χ1n) is 13.7. The van der Waals surface area contributed by atoms with Gasteiger partial charge < -0.3 is 25.4 Å². The first-order valence-corrected chi connectivity index (χ1v) is 13.7. The van der Waals surface area contributed by atoms with Gasteiger partial charge in [-0.1, -0.05) is 39.2 Å². The molecular weight excluding hydrogens is 470 g/mol. The maximum absolute atomic E-state index is 13.8. The lowest BCUT2D eigenvalue weighted by Crippen LogP contribution is -2.52. The monoisotopic (exact) mass is 517 g/mol. The van der Waals surface area contributed by atoms with Gasteiger partial charge in [-0.25, -0.2) is 4.79 Å². The van der Waals surface area contributed by atoms with Crippen LogP contribution in [0.4, 0.5) is 4.79 Å². The number of alkyl carbamates (subject to hydrolysis) is 1. The lowest BCUT2D eigenvalue weighted by molar-refractivity contribution is -0.143. The van der Waals surface area contributed by atoms with Crippen molar-refractivity contribution in [3.8, 4) is 5.75 Å². The van der Waals surface area contributed by atoms with Crippen LogP contribution in [0.2, 0.25) is 0 Å². The lowest BCUT2D eigenvalue weighted by atomic mass is 9.93. The molecule has 8 heteroatoms. The minimum Gasteiger partial charge on any atom is -0.508 e. The number of carbonyl (C=O) groups excluding carboxylic acids is 3. The smallest absolute Gasteiger partial charge is 0.408 e. The fourth-order valence-corrected chi connectivity index (χ4v) is 4.73. The molecule has 2 atom stereocenters. The lowest BCUT2D eigenvalue weighted by Gasteiger charge is -2.38. The standard InChI is InChI=1S/C29H47N3O5/c1-19(2)13-14-21(4)32(25(34)18-30-28(36)37-29(5,6)7)26(22-15-16-24(33)20(3)17-22)27(35)31-23-11-9-8-10-12-23/h15-17,19,21,23,26,33H,8-14,18H2,1-7H3,(H,30,36)(H,31,35). The van der Waals surface area contributed by atoms with Gasteiger partial charge in [0, 0.05) is 12.1 Å². The van der Waals surface area contributed by atoms with Gasteiger partial charge in [-0.3, -0.25) is 9.59 Å². The Kier molecular flexibility index (Phi) is 11.3. The zero-order chi connectivity index (χ0) is 27.8. The second kappa shape index (κ2) is 13.7. The van der Waals surface area contributed by atoms with Crippen molar-refractivity contribution < 1.29 is 24.2 Å². The predicted molar refractivity (Wildman–Crippen MR) is 145 cm³/mol. The zero-order valence-corrected chi connectivity index (χ0v) is 23.7. The highest BCUT2D eigenvalue weighted by Gasteiger charge is 2.36. The van der Waals surface area contributed by atoms with E-state index in [0.717, 1.165) is 32.1 Å². The third kappa shape index (κ3) is 9.90. The number of rotatable bonds is 10. The molecule has 3 N–H and O–H groups in total. The van der Waals surface area contributed by atoms with Gasteiger partial charge in [-0.15, -0.1) is 0 Å². The number of phenols is 1. The van der Waals surface area contributed by atoms with Crippen LogP contribution in [-0.4, -0.2) is 52.1 Å². The fraction of sp³-hybridized carbons (Fsp3) is 0.690. The molecule has 1 aliphatic carbocycles. The largest absolute Gasteiger partial charge is 0.508 e. The molecule has 1 saturated carbocycles. The Bertz CT molecular complexity index is 919. The number of phenolic OH excluding ortho intramolecular Hbond substituents is 1. The zero-order valence-electron chi connectivity index (χ0n) is 23.7. The van der Waals surface area contributed by atoms with Gasteiger partial charge in [0.1, 0.15) is 23.9 Å². The quantitative estimate of drug-likeness (QED) is 0.387. The number of hydrogen-bond acceptors (Lipinski definition) is 5. The Morgan fingerprint density at radius 3 is 2.30 bits per heavy atom. The highest BCUT2D eigenvalue weighted by atomic mass is 16.6. The Balaban J connectivity index is 2.40. The molecule has 1 aromatic carbocycles. The summed E-state index contributed by atoms with van der Waals surface area (Å²) in [5.74, 6) is -0.0344. The number of ether oxygens (including phenoxy) is 1. The van der Waals surface area contributed by atoms with Crippen molar-refractivity contribution in [2.45, 2.75) is 117 Å². The van der Waals surface area contributed by atoms with Crippen LogP contribution in [0.5, 0.6) is 5.75 Å². The number of nitrogens with one attached hydrogen (secondary N) is 2. The van der Waals surface area contributed by atoms with E-state index >= 15 is 0 Å². The van der Waals surface area contributed by atoms with Crippen molar-refractivity contribution >= 4 is 17.9 Å². The van der Waals surface area contributed by atoms with Crippen molar-refractivity contribution in [1.82, 2.24) is 15.5 Å². The minimum atomic E-state index is -0.892. The molecule has 8 nitrogen and oxygen atoms in total. The molecule has 2 rings (SSSR count). The predicted octanol–water partition coefficient (Wildman–Crippen LogP) is 5.37. The van der Waals surface area contributed by atoms with Gasteiger partial charge >= 0.3 is 6.09 Å². The first-order chi connectivity index (χ1) is 17.3. The molecule has 0 aromatic heterocycles. The van der Waals surface area contributed by atoms with E-state index < -0.39 is 17.7 Å². The second-order valence-corrected chi connectivity index (χ2v) is 11.8. The summed E-state index contributed by atoms with van der Waals surface area (Å²) in [6, 6.07) is 3.94. The number of aryl methyl sites for hydroxylation is 1. The second-order valence-electron chi connectivity index (χ2n) is 11.8. The van der Waals surface area contributed by atoms with Crippen molar-refractivity contribution in [2.24, 2.45) is 5.92 Å². The van der Waals surface area contributed by atoms with E-state index in [1.54, 1.807) is 50.8 Å². The molecule has 0 bridgehead atoms. The van der Waals surface area contributed by atoms with Gasteiger partial charge in [-0.05, 0) is 89.5 Å². The SMILES string of the molecule is Cc1cc(C(C(=O)NC2CCCCC2)N(C(=O)CNC(=O)OC(C)(C)C)C(C)CCC(C)C)ccc1O. The summed E-state index contributed by atoms with van der Waals surface area (Å²) in [6.07, 6.45) is 6.06. The molecule has 37 heavy (non-hydrogen) atoms. The van der Waals surface area contributed by atoms with E-state index in [0.29, 0.717) is 23.5 Å². The van der Waals surface area contributed by atoms with Crippen molar-refractivity contribution in [1.29, 1.82) is 0 Å². The van der Waals surface area contributed by atoms with Crippen molar-refractivity contribution in [3.05, 3.63) is 29.3 Å². The van der Waals surface area contributed by atoms with E-state index in [1.165, 1.54) is 6.42 Å². The maximum Gasteiger partial charge on any atom is 0.408 e. The van der Waals surface area contributed by atoms with E-state index in [2.05, 4.69) is 24.5 Å². The van der Waals surface area contributed by atoms with E-state index in [4.69, 9.17) is 4.74 Å². The van der Waals surface area contributed by atoms with E-state index in [1.807, 2.05) is 6.92 Å². The summed E-state index contributed by atoms with van der Waals surface area (Å²) >= 11 is 0. The Morgan fingerprint density at radius 1 is 1.08 bits per heavy atom. The summed E-state index contributed by atoms with van der Waals surface area (Å²) in [7, 11) is 0. The van der Waals surface area contributed by atoms with Crippen LogP contribution >= 0.6 is 0 Å². The van der Waals surface area contributed by atoms with Gasteiger partial charge in [0.05, 0.1) is 0 Å². The third-order valence-electron chi connectivity index (χ3n) is 6.72. The molecule has 0 saturated heterocycles. The van der Waals surface area contributed by atoms with E-state index in [-0.39, 0.29) is 36.2 Å². The Labute approximate surface area is 222 Å². The number of carbonyl (C=O) groups is 3. The topological polar surface area (TPSA) is 108 Å². The number of benzene rings is 1. The number of amides is 3. The molecule has 0 radical (unpaired) electrons. The van der Waals surface area contributed by atoms with Gasteiger partial charge in [0.2, 0.25) is 11.8 Å². The van der Waals surface area contributed by atoms with Crippen LogP contribution in [0.1, 0.15) is 104 Å². The molecule has 1 fully saturated rings. The summed E-state index contributed by atoms with van der Waals surface area (Å²) in [4.78, 5) is 41.4. The van der Waals surface area contributed by atoms with Crippen LogP contribution in [0.25, 0.3) is 0 Å². The average molecular weight is 518 g/mol. The third-order valence-corrected chi connectivity index (χ3v) is 6.72. The van der Waals surface area contributed by atoms with Gasteiger partial charge in [-0.2, -0.15) is 0 Å². The van der Waals surface area contributed by atoms with Crippen molar-refractivity contribution in [2.75, 3.05) is 6.54 Å². The molecule has 2 unspecified atom stereocenters. The molecule has 3 amide bonds. The minimum absolute atomic E-state index is 0.0739. The summed E-state index contributed by atoms with van der Waals surface area (Å²) < 4.78 is 5.30. The van der Waals surface area contributed by atoms with Crippen LogP contribution in [0.3, 0.4) is 0 Å². The summed E-state index contributed by atoms with van der Waals surface area (Å²) in [6.45, 7) is 13.0. The average Bonchev–Trinajstić information content (AvgIpc) is 2.80. The Hall–Kier alpha value is -2.77. The molecule has 208 valence electrons. The molecule has 0 spiro atoms. The number of aromatic hydroxyl groups is 1. The molecule has 0 heterocycles. The molecular formula is C29H47N3O5. The molecule has 1 aliphatic rings. The highest BCUT2D eigenvalue weighted by molar-refractivity contribution is 5.91. The summed E-state index contributed by atoms with van der Waals surface area (Å²) in [5, 5.41) is 15.9. The highest BCUT2D eigenvalue weighted by Crippen LogP contribution is 2.30. The first kappa shape index (κ1) is 30.5. The van der Waals surface area contributed by atoms with Crippen molar-refractivity contribution in [3.63, 3.8) is 0 Å². The fourth-order valence-electron chi connectivity index (χ4n) is 4.73. The van der Waals surface area contributed by atoms with Gasteiger partial charge in [0.15, 0.2) is 0 Å². The Morgan fingerprint density at radius 2 is 1.73 bits per heavy atom. The summed E-state index contributed by atoms with van der Waals surface area (Å²) in [5.41, 5.74) is 0.566. The molecule has 0 aliphatic heterocycles. The van der Waals surface area contributed by atoms with Crippen LogP contribution < -0.4 is 10.6 Å². The van der Waals surface area contributed by atoms with Crippen LogP contribution in [0, 0.1) is 12.8 Å². The van der Waals surface area contributed by atoms with Crippen LogP contribution in [-0.2, 0) is 14.3 Å². The number of hydrogen-bond donors (Lipinski definition) is 3. The van der Waals surface area contributed by atoms with Crippen LogP contribution in [0.15, 0.2) is 18.2 Å². The maximum atomic E-state index is 13.8. The normalized spacial score (nSPS) is 16.1.